The molecule has 0 saturated heterocycles. The van der Waals surface area contributed by atoms with Crippen LogP contribution in [0.1, 0.15) is 36.1 Å². The van der Waals surface area contributed by atoms with Crippen molar-refractivity contribution >= 4 is 0 Å². The largest absolute Gasteiger partial charge is 0.491 e. The van der Waals surface area contributed by atoms with Crippen molar-refractivity contribution in [3.05, 3.63) is 53.5 Å². The van der Waals surface area contributed by atoms with Crippen LogP contribution in [0, 0.1) is 6.92 Å². The van der Waals surface area contributed by atoms with Crippen molar-refractivity contribution in [3.63, 3.8) is 0 Å². The summed E-state index contributed by atoms with van der Waals surface area (Å²) in [4.78, 5) is 0. The van der Waals surface area contributed by atoms with Gasteiger partial charge in [0, 0.05) is 5.56 Å². The summed E-state index contributed by atoms with van der Waals surface area (Å²) >= 11 is 0. The maximum Gasteiger partial charge on any atom is 0.124 e. The smallest absolute Gasteiger partial charge is 0.124 e. The molecule has 0 amide bonds. The first-order chi connectivity index (χ1) is 8.74. The third-order valence-corrected chi connectivity index (χ3v) is 3.34. The van der Waals surface area contributed by atoms with E-state index in [1.54, 1.807) is 0 Å². The number of hydrogen-bond acceptors (Lipinski definition) is 3. The van der Waals surface area contributed by atoms with Crippen molar-refractivity contribution < 1.29 is 9.15 Å². The molecule has 0 aliphatic carbocycles. The minimum absolute atomic E-state index is 0.179. The van der Waals surface area contributed by atoms with Gasteiger partial charge in [-0.05, 0) is 32.0 Å². The van der Waals surface area contributed by atoms with E-state index in [2.05, 4.69) is 18.3 Å². The maximum absolute atomic E-state index is 5.66. The Morgan fingerprint density at radius 2 is 2.06 bits per heavy atom. The fraction of sp³-hybridized carbons (Fsp3) is 0.333. The number of hydrogen-bond donors (Lipinski definition) is 1. The first-order valence-electron chi connectivity index (χ1n) is 6.28. The molecule has 1 aliphatic rings. The standard InChI is InChI=1S/C15H17NO2/c1-10-7-8-14(18-10)11(2)16-13-9-17-15-6-4-3-5-12(13)15/h3-8,11,13,16H,9H2,1-2H3. The number of para-hydroxylation sites is 1. The maximum atomic E-state index is 5.66. The lowest BCUT2D eigenvalue weighted by Gasteiger charge is -2.16. The van der Waals surface area contributed by atoms with Crippen molar-refractivity contribution in [2.75, 3.05) is 6.61 Å². The van der Waals surface area contributed by atoms with Crippen LogP contribution in [0.4, 0.5) is 0 Å². The Labute approximate surface area is 107 Å². The van der Waals surface area contributed by atoms with Gasteiger partial charge in [-0.15, -0.1) is 0 Å². The Morgan fingerprint density at radius 3 is 2.83 bits per heavy atom. The molecule has 1 aliphatic heterocycles. The number of aryl methyl sites for hydroxylation is 1. The molecule has 0 bridgehead atoms. The summed E-state index contributed by atoms with van der Waals surface area (Å²) in [6.45, 7) is 4.76. The van der Waals surface area contributed by atoms with Crippen LogP contribution in [0.5, 0.6) is 5.75 Å². The average Bonchev–Trinajstić information content (AvgIpc) is 2.97. The van der Waals surface area contributed by atoms with Gasteiger partial charge in [0.05, 0.1) is 12.1 Å². The fourth-order valence-corrected chi connectivity index (χ4v) is 2.37. The Hall–Kier alpha value is -1.74. The van der Waals surface area contributed by atoms with E-state index in [0.29, 0.717) is 6.61 Å². The second-order valence-electron chi connectivity index (χ2n) is 4.74. The van der Waals surface area contributed by atoms with Crippen molar-refractivity contribution in [2.45, 2.75) is 25.9 Å². The quantitative estimate of drug-likeness (QED) is 0.897. The van der Waals surface area contributed by atoms with Crippen molar-refractivity contribution in [1.82, 2.24) is 5.32 Å². The zero-order valence-electron chi connectivity index (χ0n) is 10.6. The summed E-state index contributed by atoms with van der Waals surface area (Å²) < 4.78 is 11.3. The molecule has 2 atom stereocenters. The number of ether oxygens (including phenoxy) is 1. The Bertz CT molecular complexity index is 547. The molecular weight excluding hydrogens is 226 g/mol. The predicted octanol–water partition coefficient (Wildman–Crippen LogP) is 3.37. The topological polar surface area (TPSA) is 34.4 Å². The van der Waals surface area contributed by atoms with Gasteiger partial charge < -0.3 is 9.15 Å². The normalized spacial score (nSPS) is 19.3. The molecule has 0 spiro atoms. The van der Waals surface area contributed by atoms with E-state index in [1.807, 2.05) is 37.3 Å². The molecule has 2 aromatic rings. The van der Waals surface area contributed by atoms with Crippen molar-refractivity contribution in [2.24, 2.45) is 0 Å². The second kappa shape index (κ2) is 4.50. The monoisotopic (exact) mass is 243 g/mol. The van der Waals surface area contributed by atoms with Gasteiger partial charge in [0.2, 0.25) is 0 Å². The molecule has 94 valence electrons. The van der Waals surface area contributed by atoms with Gasteiger partial charge in [-0.25, -0.2) is 0 Å². The van der Waals surface area contributed by atoms with Gasteiger partial charge in [0.1, 0.15) is 23.9 Å². The van der Waals surface area contributed by atoms with Gasteiger partial charge >= 0.3 is 0 Å². The Morgan fingerprint density at radius 1 is 1.22 bits per heavy atom. The summed E-state index contributed by atoms with van der Waals surface area (Å²) in [5, 5.41) is 3.55. The third-order valence-electron chi connectivity index (χ3n) is 3.34. The summed E-state index contributed by atoms with van der Waals surface area (Å²) in [5.41, 5.74) is 1.23. The number of benzene rings is 1. The van der Waals surface area contributed by atoms with Crippen LogP contribution < -0.4 is 10.1 Å². The van der Waals surface area contributed by atoms with E-state index in [9.17, 15) is 0 Å². The van der Waals surface area contributed by atoms with E-state index in [0.717, 1.165) is 17.3 Å². The van der Waals surface area contributed by atoms with Crippen molar-refractivity contribution in [1.29, 1.82) is 0 Å². The molecular formula is C15H17NO2. The summed E-state index contributed by atoms with van der Waals surface area (Å²) in [6, 6.07) is 12.6. The van der Waals surface area contributed by atoms with Crippen LogP contribution in [0.15, 0.2) is 40.8 Å². The van der Waals surface area contributed by atoms with E-state index >= 15 is 0 Å². The molecule has 3 nitrogen and oxygen atoms in total. The third kappa shape index (κ3) is 2.02. The lowest BCUT2D eigenvalue weighted by Crippen LogP contribution is -2.25. The van der Waals surface area contributed by atoms with E-state index in [1.165, 1.54) is 5.56 Å². The van der Waals surface area contributed by atoms with Crippen LogP contribution in [-0.4, -0.2) is 6.61 Å². The molecule has 3 heteroatoms. The first-order valence-corrected chi connectivity index (χ1v) is 6.28. The molecule has 0 radical (unpaired) electrons. The molecule has 18 heavy (non-hydrogen) atoms. The minimum atomic E-state index is 0.179. The Balaban J connectivity index is 1.75. The van der Waals surface area contributed by atoms with Crippen LogP contribution >= 0.6 is 0 Å². The molecule has 1 N–H and O–H groups in total. The van der Waals surface area contributed by atoms with Gasteiger partial charge in [-0.1, -0.05) is 18.2 Å². The SMILES string of the molecule is Cc1ccc(C(C)NC2COc3ccccc32)o1. The highest BCUT2D eigenvalue weighted by molar-refractivity contribution is 5.39. The summed E-state index contributed by atoms with van der Waals surface area (Å²) in [7, 11) is 0. The van der Waals surface area contributed by atoms with Crippen LogP contribution in [0.2, 0.25) is 0 Å². The molecule has 2 unspecified atom stereocenters. The molecule has 2 heterocycles. The van der Waals surface area contributed by atoms with Crippen LogP contribution in [0.3, 0.4) is 0 Å². The van der Waals surface area contributed by atoms with Gasteiger partial charge in [-0.3, -0.25) is 5.32 Å². The predicted molar refractivity (Wildman–Crippen MR) is 69.7 cm³/mol. The highest BCUT2D eigenvalue weighted by Gasteiger charge is 2.25. The molecule has 1 aromatic heterocycles. The molecule has 3 rings (SSSR count). The number of furan rings is 1. The van der Waals surface area contributed by atoms with Crippen molar-refractivity contribution in [3.8, 4) is 5.75 Å². The van der Waals surface area contributed by atoms with E-state index in [4.69, 9.17) is 9.15 Å². The van der Waals surface area contributed by atoms with Crippen LogP contribution in [0.25, 0.3) is 0 Å². The zero-order valence-corrected chi connectivity index (χ0v) is 10.6. The highest BCUT2D eigenvalue weighted by Crippen LogP contribution is 2.33. The fourth-order valence-electron chi connectivity index (χ4n) is 2.37. The molecule has 0 saturated carbocycles. The average molecular weight is 243 g/mol. The number of fused-ring (bicyclic) bond motifs is 1. The molecule has 0 fully saturated rings. The Kier molecular flexibility index (Phi) is 2.84. The van der Waals surface area contributed by atoms with Gasteiger partial charge in [0.15, 0.2) is 0 Å². The number of nitrogens with one attached hydrogen (secondary N) is 1. The summed E-state index contributed by atoms with van der Waals surface area (Å²) in [5.74, 6) is 2.90. The molecule has 1 aromatic carbocycles. The summed E-state index contributed by atoms with van der Waals surface area (Å²) in [6.07, 6.45) is 0. The lowest BCUT2D eigenvalue weighted by atomic mass is 10.1. The zero-order chi connectivity index (χ0) is 12.5. The second-order valence-corrected chi connectivity index (χ2v) is 4.74. The van der Waals surface area contributed by atoms with Gasteiger partial charge in [-0.2, -0.15) is 0 Å². The highest BCUT2D eigenvalue weighted by atomic mass is 16.5. The first kappa shape index (κ1) is 11.4. The number of rotatable bonds is 3. The van der Waals surface area contributed by atoms with Crippen LogP contribution in [-0.2, 0) is 0 Å². The minimum Gasteiger partial charge on any atom is -0.491 e. The lowest BCUT2D eigenvalue weighted by molar-refractivity contribution is 0.291. The van der Waals surface area contributed by atoms with E-state index < -0.39 is 0 Å². The van der Waals surface area contributed by atoms with E-state index in [-0.39, 0.29) is 12.1 Å². The van der Waals surface area contributed by atoms with Gasteiger partial charge in [0.25, 0.3) is 0 Å².